The first-order valence-corrected chi connectivity index (χ1v) is 11.4. The Labute approximate surface area is 180 Å². The van der Waals surface area contributed by atoms with Crippen molar-refractivity contribution >= 4 is 35.0 Å². The standard InChI is InChI=1S/C21H30N4O4S/c1-13-5-7-17(30-13)14(2)19(27)22-9-10-23-20(28)15-4-3-11-25(12-15)21(29)16-6-8-18(26)24-16/h5,7,14-16H,3-4,6,8-12H2,1-2H3,(H,22,27)(H,23,28)(H,24,26)/t14?,15?,16-/m0/s1. The summed E-state index contributed by atoms with van der Waals surface area (Å²) in [6.07, 6.45) is 2.39. The van der Waals surface area contributed by atoms with E-state index in [1.165, 1.54) is 4.88 Å². The van der Waals surface area contributed by atoms with Crippen LogP contribution in [0.5, 0.6) is 0 Å². The first kappa shape index (κ1) is 22.3. The number of carbonyl (C=O) groups excluding carboxylic acids is 4. The Balaban J connectivity index is 1.38. The van der Waals surface area contributed by atoms with Crippen LogP contribution in [0, 0.1) is 12.8 Å². The fourth-order valence-corrected chi connectivity index (χ4v) is 4.82. The van der Waals surface area contributed by atoms with E-state index < -0.39 is 6.04 Å². The Hall–Kier alpha value is -2.42. The topological polar surface area (TPSA) is 108 Å². The number of hydrogen-bond acceptors (Lipinski definition) is 5. The molecule has 164 valence electrons. The van der Waals surface area contributed by atoms with Crippen molar-refractivity contribution < 1.29 is 19.2 Å². The molecule has 2 aliphatic rings. The van der Waals surface area contributed by atoms with Gasteiger partial charge in [0.2, 0.25) is 23.6 Å². The second-order valence-corrected chi connectivity index (χ2v) is 9.35. The lowest BCUT2D eigenvalue weighted by Crippen LogP contribution is -2.51. The van der Waals surface area contributed by atoms with E-state index in [0.717, 1.165) is 17.7 Å². The van der Waals surface area contributed by atoms with Gasteiger partial charge in [0.15, 0.2) is 0 Å². The van der Waals surface area contributed by atoms with Gasteiger partial charge < -0.3 is 20.9 Å². The molecular weight excluding hydrogens is 404 g/mol. The van der Waals surface area contributed by atoms with Gasteiger partial charge in [-0.1, -0.05) is 0 Å². The largest absolute Gasteiger partial charge is 0.354 e. The van der Waals surface area contributed by atoms with Gasteiger partial charge in [-0.15, -0.1) is 11.3 Å². The average molecular weight is 435 g/mol. The van der Waals surface area contributed by atoms with Crippen LogP contribution in [-0.4, -0.2) is 60.7 Å². The van der Waals surface area contributed by atoms with Gasteiger partial charge in [0.05, 0.1) is 11.8 Å². The molecule has 0 saturated carbocycles. The van der Waals surface area contributed by atoms with Crippen LogP contribution in [0.25, 0.3) is 0 Å². The second-order valence-electron chi connectivity index (χ2n) is 8.03. The van der Waals surface area contributed by atoms with Crippen molar-refractivity contribution in [1.82, 2.24) is 20.9 Å². The molecule has 8 nitrogen and oxygen atoms in total. The molecule has 30 heavy (non-hydrogen) atoms. The third-order valence-electron chi connectivity index (χ3n) is 5.70. The van der Waals surface area contributed by atoms with E-state index >= 15 is 0 Å². The number of nitrogens with zero attached hydrogens (tertiary/aromatic N) is 1. The summed E-state index contributed by atoms with van der Waals surface area (Å²) in [7, 11) is 0. The van der Waals surface area contributed by atoms with Crippen molar-refractivity contribution in [3.05, 3.63) is 21.9 Å². The van der Waals surface area contributed by atoms with E-state index in [9.17, 15) is 19.2 Å². The molecule has 1 aromatic rings. The van der Waals surface area contributed by atoms with Crippen LogP contribution in [0.1, 0.15) is 48.3 Å². The Morgan fingerprint density at radius 1 is 1.23 bits per heavy atom. The molecule has 2 aliphatic heterocycles. The number of nitrogens with one attached hydrogen (secondary N) is 3. The summed E-state index contributed by atoms with van der Waals surface area (Å²) in [5.74, 6) is -0.816. The molecule has 0 radical (unpaired) electrons. The van der Waals surface area contributed by atoms with Crippen LogP contribution in [0.4, 0.5) is 0 Å². The minimum absolute atomic E-state index is 0.0563. The molecular formula is C21H30N4O4S. The molecule has 1 aromatic heterocycles. The summed E-state index contributed by atoms with van der Waals surface area (Å²) in [6, 6.07) is 3.52. The number of rotatable bonds is 7. The number of carbonyl (C=O) groups is 4. The predicted octanol–water partition coefficient (Wildman–Crippen LogP) is 0.910. The Kier molecular flexibility index (Phi) is 7.47. The highest BCUT2D eigenvalue weighted by atomic mass is 32.1. The highest BCUT2D eigenvalue weighted by Crippen LogP contribution is 2.24. The van der Waals surface area contributed by atoms with Crippen LogP contribution in [0.3, 0.4) is 0 Å². The molecule has 0 aromatic carbocycles. The lowest BCUT2D eigenvalue weighted by Gasteiger charge is -2.33. The quantitative estimate of drug-likeness (QED) is 0.555. The number of hydrogen-bond donors (Lipinski definition) is 3. The lowest BCUT2D eigenvalue weighted by molar-refractivity contribution is -0.138. The highest BCUT2D eigenvalue weighted by molar-refractivity contribution is 7.12. The zero-order chi connectivity index (χ0) is 21.7. The summed E-state index contributed by atoms with van der Waals surface area (Å²) in [6.45, 7) is 5.59. The third-order valence-corrected chi connectivity index (χ3v) is 6.89. The van der Waals surface area contributed by atoms with Crippen LogP contribution >= 0.6 is 11.3 Å². The lowest BCUT2D eigenvalue weighted by atomic mass is 9.96. The van der Waals surface area contributed by atoms with E-state index in [-0.39, 0.29) is 35.5 Å². The number of likely N-dealkylation sites (tertiary alicyclic amines) is 1. The summed E-state index contributed by atoms with van der Waals surface area (Å²) < 4.78 is 0. The Morgan fingerprint density at radius 3 is 2.67 bits per heavy atom. The van der Waals surface area contributed by atoms with Crippen LogP contribution in [-0.2, 0) is 19.2 Å². The Bertz CT molecular complexity index is 809. The van der Waals surface area contributed by atoms with E-state index in [1.54, 1.807) is 16.2 Å². The third kappa shape index (κ3) is 5.59. The Morgan fingerprint density at radius 2 is 2.00 bits per heavy atom. The molecule has 2 saturated heterocycles. The van der Waals surface area contributed by atoms with Crippen molar-refractivity contribution in [2.24, 2.45) is 5.92 Å². The van der Waals surface area contributed by atoms with Gasteiger partial charge in [-0.3, -0.25) is 19.2 Å². The minimum atomic E-state index is -0.455. The maximum atomic E-state index is 12.6. The fraction of sp³-hybridized carbons (Fsp3) is 0.619. The molecule has 3 atom stereocenters. The molecule has 3 heterocycles. The monoisotopic (exact) mass is 434 g/mol. The summed E-state index contributed by atoms with van der Waals surface area (Å²) in [4.78, 5) is 52.6. The molecule has 2 unspecified atom stereocenters. The maximum Gasteiger partial charge on any atom is 0.245 e. The molecule has 4 amide bonds. The number of thiophene rings is 1. The van der Waals surface area contributed by atoms with Gasteiger partial charge in [-0.25, -0.2) is 0 Å². The van der Waals surface area contributed by atoms with Gasteiger partial charge in [0.25, 0.3) is 0 Å². The van der Waals surface area contributed by atoms with Gasteiger partial charge in [-0.2, -0.15) is 0 Å². The van der Waals surface area contributed by atoms with E-state index in [1.807, 2.05) is 26.0 Å². The van der Waals surface area contributed by atoms with Gasteiger partial charge in [-0.05, 0) is 45.2 Å². The highest BCUT2D eigenvalue weighted by Gasteiger charge is 2.34. The number of aryl methyl sites for hydroxylation is 1. The fourth-order valence-electron chi connectivity index (χ4n) is 3.90. The smallest absolute Gasteiger partial charge is 0.245 e. The van der Waals surface area contributed by atoms with Gasteiger partial charge in [0.1, 0.15) is 6.04 Å². The van der Waals surface area contributed by atoms with Crippen LogP contribution < -0.4 is 16.0 Å². The van der Waals surface area contributed by atoms with Crippen molar-refractivity contribution in [2.45, 2.75) is 51.5 Å². The molecule has 0 spiro atoms. The molecule has 0 aliphatic carbocycles. The van der Waals surface area contributed by atoms with Crippen molar-refractivity contribution in [1.29, 1.82) is 0 Å². The first-order chi connectivity index (χ1) is 14.3. The predicted molar refractivity (Wildman–Crippen MR) is 114 cm³/mol. The van der Waals surface area contributed by atoms with Gasteiger partial charge >= 0.3 is 0 Å². The van der Waals surface area contributed by atoms with Crippen molar-refractivity contribution in [3.8, 4) is 0 Å². The molecule has 2 fully saturated rings. The van der Waals surface area contributed by atoms with Crippen LogP contribution in [0.2, 0.25) is 0 Å². The van der Waals surface area contributed by atoms with E-state index in [4.69, 9.17) is 0 Å². The van der Waals surface area contributed by atoms with E-state index in [2.05, 4.69) is 16.0 Å². The second kappa shape index (κ2) is 10.1. The number of amides is 4. The minimum Gasteiger partial charge on any atom is -0.354 e. The normalized spacial score (nSPS) is 22.3. The van der Waals surface area contributed by atoms with Crippen LogP contribution in [0.15, 0.2) is 12.1 Å². The summed E-state index contributed by atoms with van der Waals surface area (Å²) >= 11 is 1.61. The summed E-state index contributed by atoms with van der Waals surface area (Å²) in [5, 5.41) is 8.43. The SMILES string of the molecule is Cc1ccc(C(C)C(=O)NCCNC(=O)C2CCCN(C(=O)[C@@H]3CCC(=O)N3)C2)s1. The van der Waals surface area contributed by atoms with E-state index in [0.29, 0.717) is 39.0 Å². The maximum absolute atomic E-state index is 12.6. The van der Waals surface area contributed by atoms with Gasteiger partial charge in [0, 0.05) is 42.4 Å². The summed E-state index contributed by atoms with van der Waals surface area (Å²) in [5.41, 5.74) is 0. The molecule has 0 bridgehead atoms. The number of piperidine rings is 1. The molecule has 3 N–H and O–H groups in total. The van der Waals surface area contributed by atoms with Crippen molar-refractivity contribution in [2.75, 3.05) is 26.2 Å². The molecule has 9 heteroatoms. The zero-order valence-corrected chi connectivity index (χ0v) is 18.3. The average Bonchev–Trinajstić information content (AvgIpc) is 3.38. The van der Waals surface area contributed by atoms with Crippen molar-refractivity contribution in [3.63, 3.8) is 0 Å². The molecule has 3 rings (SSSR count). The first-order valence-electron chi connectivity index (χ1n) is 10.5. The zero-order valence-electron chi connectivity index (χ0n) is 17.5.